The molecule has 0 atom stereocenters. The summed E-state index contributed by atoms with van der Waals surface area (Å²) in [6, 6.07) is 14.3. The van der Waals surface area contributed by atoms with Crippen molar-refractivity contribution in [2.45, 2.75) is 13.3 Å². The maximum Gasteiger partial charge on any atom is 0.255 e. The van der Waals surface area contributed by atoms with E-state index in [4.69, 9.17) is 4.74 Å². The van der Waals surface area contributed by atoms with Gasteiger partial charge in [-0.15, -0.1) is 0 Å². The second-order valence-electron chi connectivity index (χ2n) is 5.47. The van der Waals surface area contributed by atoms with Gasteiger partial charge in [-0.1, -0.05) is 29.8 Å². The molecule has 0 fully saturated rings. The molecule has 0 bridgehead atoms. The topological polar surface area (TPSA) is 67.4 Å². The van der Waals surface area contributed by atoms with Crippen molar-refractivity contribution in [3.05, 3.63) is 65.2 Å². The molecule has 0 aliphatic carbocycles. The van der Waals surface area contributed by atoms with Crippen LogP contribution in [0.4, 0.5) is 5.69 Å². The van der Waals surface area contributed by atoms with Gasteiger partial charge >= 0.3 is 0 Å². The van der Waals surface area contributed by atoms with Crippen LogP contribution in [0.25, 0.3) is 0 Å². The summed E-state index contributed by atoms with van der Waals surface area (Å²) in [6.45, 7) is 3.04. The number of rotatable bonds is 7. The molecule has 0 radical (unpaired) electrons. The van der Waals surface area contributed by atoms with Gasteiger partial charge in [-0.25, -0.2) is 0 Å². The van der Waals surface area contributed by atoms with Crippen LogP contribution < -0.4 is 10.6 Å². The molecule has 0 aliphatic heterocycles. The lowest BCUT2D eigenvalue weighted by atomic mass is 10.1. The number of benzene rings is 2. The van der Waals surface area contributed by atoms with Crippen LogP contribution in [0.2, 0.25) is 0 Å². The number of hydrogen-bond donors (Lipinski definition) is 2. The summed E-state index contributed by atoms with van der Waals surface area (Å²) in [7, 11) is 1.62. The minimum Gasteiger partial charge on any atom is -0.385 e. The molecule has 0 aliphatic rings. The molecule has 2 rings (SSSR count). The number of para-hydroxylation sites is 1. The maximum absolute atomic E-state index is 12.4. The van der Waals surface area contributed by atoms with Gasteiger partial charge in [0.15, 0.2) is 0 Å². The van der Waals surface area contributed by atoms with Gasteiger partial charge in [-0.3, -0.25) is 9.59 Å². The Labute approximate surface area is 142 Å². The zero-order chi connectivity index (χ0) is 17.4. The van der Waals surface area contributed by atoms with E-state index in [1.54, 1.807) is 37.4 Å². The molecule has 2 amide bonds. The van der Waals surface area contributed by atoms with Crippen molar-refractivity contribution >= 4 is 17.5 Å². The fraction of sp³-hybridized carbons (Fsp3) is 0.263. The molecule has 0 heterocycles. The van der Waals surface area contributed by atoms with Crippen LogP contribution in [0.3, 0.4) is 0 Å². The molecule has 2 aromatic rings. The van der Waals surface area contributed by atoms with Gasteiger partial charge in [0.05, 0.1) is 11.3 Å². The summed E-state index contributed by atoms with van der Waals surface area (Å²) in [6.07, 6.45) is 0.736. The second-order valence-corrected chi connectivity index (χ2v) is 5.47. The van der Waals surface area contributed by atoms with Crippen LogP contribution >= 0.6 is 0 Å². The molecular weight excluding hydrogens is 304 g/mol. The Morgan fingerprint density at radius 1 is 1.04 bits per heavy atom. The summed E-state index contributed by atoms with van der Waals surface area (Å²) >= 11 is 0. The van der Waals surface area contributed by atoms with Gasteiger partial charge < -0.3 is 15.4 Å². The fourth-order valence-corrected chi connectivity index (χ4v) is 2.28. The van der Waals surface area contributed by atoms with E-state index in [1.165, 1.54) is 0 Å². The van der Waals surface area contributed by atoms with Crippen LogP contribution in [-0.2, 0) is 4.74 Å². The molecule has 5 heteroatoms. The third-order valence-corrected chi connectivity index (χ3v) is 3.51. The lowest BCUT2D eigenvalue weighted by Gasteiger charge is -2.11. The van der Waals surface area contributed by atoms with Crippen molar-refractivity contribution in [3.63, 3.8) is 0 Å². The number of ether oxygens (including phenoxy) is 1. The summed E-state index contributed by atoms with van der Waals surface area (Å²) in [5.41, 5.74) is 2.50. The van der Waals surface area contributed by atoms with Crippen LogP contribution in [0.1, 0.15) is 32.7 Å². The van der Waals surface area contributed by atoms with Crippen molar-refractivity contribution in [1.29, 1.82) is 0 Å². The predicted octanol–water partition coefficient (Wildman–Crippen LogP) is 3.01. The third kappa shape index (κ3) is 4.93. The number of amides is 2. The highest BCUT2D eigenvalue weighted by Gasteiger charge is 2.13. The Morgan fingerprint density at radius 3 is 2.58 bits per heavy atom. The van der Waals surface area contributed by atoms with E-state index < -0.39 is 0 Å². The average Bonchev–Trinajstić information content (AvgIpc) is 2.59. The number of carbonyl (C=O) groups is 2. The highest BCUT2D eigenvalue weighted by atomic mass is 16.5. The summed E-state index contributed by atoms with van der Waals surface area (Å²) in [5.74, 6) is -0.454. The lowest BCUT2D eigenvalue weighted by molar-refractivity contribution is 0.0949. The molecule has 126 valence electrons. The summed E-state index contributed by atoms with van der Waals surface area (Å²) < 4.78 is 4.96. The number of carbonyl (C=O) groups excluding carboxylic acids is 2. The molecule has 0 unspecified atom stereocenters. The van der Waals surface area contributed by atoms with Crippen molar-refractivity contribution in [3.8, 4) is 0 Å². The zero-order valence-electron chi connectivity index (χ0n) is 14.0. The number of nitrogens with one attached hydrogen (secondary N) is 2. The van der Waals surface area contributed by atoms with E-state index in [1.807, 2.05) is 25.1 Å². The van der Waals surface area contributed by atoms with Crippen molar-refractivity contribution in [2.24, 2.45) is 0 Å². The monoisotopic (exact) mass is 326 g/mol. The highest BCUT2D eigenvalue weighted by Crippen LogP contribution is 2.16. The van der Waals surface area contributed by atoms with Gasteiger partial charge in [-0.05, 0) is 37.6 Å². The van der Waals surface area contributed by atoms with Crippen molar-refractivity contribution in [1.82, 2.24) is 5.32 Å². The molecule has 0 spiro atoms. The van der Waals surface area contributed by atoms with E-state index in [0.717, 1.165) is 12.0 Å². The van der Waals surface area contributed by atoms with Crippen LogP contribution in [0, 0.1) is 6.92 Å². The third-order valence-electron chi connectivity index (χ3n) is 3.51. The Balaban J connectivity index is 2.08. The number of aryl methyl sites for hydroxylation is 1. The smallest absolute Gasteiger partial charge is 0.255 e. The van der Waals surface area contributed by atoms with E-state index in [9.17, 15) is 9.59 Å². The molecule has 5 nitrogen and oxygen atoms in total. The summed E-state index contributed by atoms with van der Waals surface area (Å²) in [4.78, 5) is 24.7. The second kappa shape index (κ2) is 8.84. The first kappa shape index (κ1) is 17.7. The molecule has 24 heavy (non-hydrogen) atoms. The first-order valence-electron chi connectivity index (χ1n) is 7.86. The average molecular weight is 326 g/mol. The SMILES string of the molecule is COCCCNC(=O)c1ccccc1NC(=O)c1cccc(C)c1. The minimum atomic E-state index is -0.238. The Bertz CT molecular complexity index is 713. The van der Waals surface area contributed by atoms with Gasteiger partial charge in [0.2, 0.25) is 0 Å². The van der Waals surface area contributed by atoms with Gasteiger partial charge in [-0.2, -0.15) is 0 Å². The number of methoxy groups -OCH3 is 1. The number of hydrogen-bond acceptors (Lipinski definition) is 3. The summed E-state index contributed by atoms with van der Waals surface area (Å²) in [5, 5.41) is 5.64. The Morgan fingerprint density at radius 2 is 1.83 bits per heavy atom. The van der Waals surface area contributed by atoms with E-state index in [-0.39, 0.29) is 11.8 Å². The van der Waals surface area contributed by atoms with Gasteiger partial charge in [0.25, 0.3) is 11.8 Å². The predicted molar refractivity (Wildman–Crippen MR) is 94.4 cm³/mol. The van der Waals surface area contributed by atoms with Crippen molar-refractivity contribution in [2.75, 3.05) is 25.6 Å². The Hall–Kier alpha value is -2.66. The van der Waals surface area contributed by atoms with Crippen LogP contribution in [0.15, 0.2) is 48.5 Å². The highest BCUT2D eigenvalue weighted by molar-refractivity contribution is 6.09. The molecule has 0 saturated heterocycles. The molecular formula is C19H22N2O3. The van der Waals surface area contributed by atoms with Crippen LogP contribution in [0.5, 0.6) is 0 Å². The van der Waals surface area contributed by atoms with Gasteiger partial charge in [0.1, 0.15) is 0 Å². The van der Waals surface area contributed by atoms with Crippen molar-refractivity contribution < 1.29 is 14.3 Å². The minimum absolute atomic E-state index is 0.216. The van der Waals surface area contributed by atoms with E-state index >= 15 is 0 Å². The molecule has 0 aromatic heterocycles. The van der Waals surface area contributed by atoms with Gasteiger partial charge in [0, 0.05) is 25.8 Å². The fourth-order valence-electron chi connectivity index (χ4n) is 2.28. The van der Waals surface area contributed by atoms with E-state index in [0.29, 0.717) is 30.0 Å². The first-order valence-corrected chi connectivity index (χ1v) is 7.86. The first-order chi connectivity index (χ1) is 11.6. The van der Waals surface area contributed by atoms with E-state index in [2.05, 4.69) is 10.6 Å². The zero-order valence-corrected chi connectivity index (χ0v) is 14.0. The Kier molecular flexibility index (Phi) is 6.51. The maximum atomic E-state index is 12.4. The quantitative estimate of drug-likeness (QED) is 0.769. The lowest BCUT2D eigenvalue weighted by Crippen LogP contribution is -2.26. The van der Waals surface area contributed by atoms with Crippen LogP contribution in [-0.4, -0.2) is 32.1 Å². The normalized spacial score (nSPS) is 10.2. The molecule has 0 saturated carbocycles. The standard InChI is InChI=1S/C19H22N2O3/c1-14-7-5-8-15(13-14)18(22)21-17-10-4-3-9-16(17)19(23)20-11-6-12-24-2/h3-5,7-10,13H,6,11-12H2,1-2H3,(H,20,23)(H,21,22). The molecule has 2 aromatic carbocycles. The molecule has 2 N–H and O–H groups in total. The largest absolute Gasteiger partial charge is 0.385 e. The number of anilines is 1.